The Labute approximate surface area is 338 Å². The summed E-state index contributed by atoms with van der Waals surface area (Å²) in [4.78, 5) is 34.9. The summed E-state index contributed by atoms with van der Waals surface area (Å²) < 4.78 is 32.6. The molecule has 4 N–H and O–H groups in total. The van der Waals surface area contributed by atoms with E-state index in [1.807, 2.05) is 36.5 Å². The fourth-order valence-electron chi connectivity index (χ4n) is 5.38. The molecule has 0 saturated carbocycles. The Hall–Kier alpha value is -2.37. The first-order valence-electron chi connectivity index (χ1n) is 21.4. The fourth-order valence-corrected chi connectivity index (χ4v) is 6.17. The molecule has 56 heavy (non-hydrogen) atoms. The number of phosphoric ester groups is 1. The molecule has 0 aromatic rings. The van der Waals surface area contributed by atoms with E-state index in [9.17, 15) is 29.3 Å². The highest BCUT2D eigenvalue weighted by Gasteiger charge is 2.27. The van der Waals surface area contributed by atoms with Gasteiger partial charge in [0.15, 0.2) is 6.10 Å². The van der Waals surface area contributed by atoms with Crippen molar-refractivity contribution >= 4 is 19.8 Å². The van der Waals surface area contributed by atoms with E-state index in [1.165, 1.54) is 38.5 Å². The first-order chi connectivity index (χ1) is 27.1. The molecule has 0 saturated heterocycles. The minimum atomic E-state index is -4.65. The van der Waals surface area contributed by atoms with Crippen LogP contribution in [0.5, 0.6) is 0 Å². The number of aliphatic hydroxyl groups is 3. The lowest BCUT2D eigenvalue weighted by atomic mass is 10.1. The average molecular weight is 813 g/mol. The van der Waals surface area contributed by atoms with Crippen molar-refractivity contribution in [1.29, 1.82) is 0 Å². The van der Waals surface area contributed by atoms with Crippen LogP contribution in [0.1, 0.15) is 162 Å². The Balaban J connectivity index is 4.47. The third kappa shape index (κ3) is 38.5. The number of carbonyl (C=O) groups excluding carboxylic acids is 2. The molecule has 12 heteroatoms. The van der Waals surface area contributed by atoms with Gasteiger partial charge in [-0.05, 0) is 64.2 Å². The molecule has 0 spiro atoms. The molecule has 0 aliphatic heterocycles. The Morgan fingerprint density at radius 2 is 1.14 bits per heavy atom. The molecule has 0 bridgehead atoms. The van der Waals surface area contributed by atoms with Crippen LogP contribution in [-0.2, 0) is 32.7 Å². The molecule has 0 aliphatic carbocycles. The average Bonchev–Trinajstić information content (AvgIpc) is 3.18. The summed E-state index contributed by atoms with van der Waals surface area (Å²) in [6, 6.07) is 0. The van der Waals surface area contributed by atoms with Gasteiger partial charge in [0.05, 0.1) is 25.9 Å². The summed E-state index contributed by atoms with van der Waals surface area (Å²) >= 11 is 0. The third-order valence-corrected chi connectivity index (χ3v) is 9.70. The largest absolute Gasteiger partial charge is 0.472 e. The van der Waals surface area contributed by atoms with Crippen LogP contribution in [0.25, 0.3) is 0 Å². The zero-order chi connectivity index (χ0) is 41.4. The van der Waals surface area contributed by atoms with E-state index in [-0.39, 0.29) is 19.4 Å². The summed E-state index contributed by atoms with van der Waals surface area (Å²) in [5.74, 6) is -1.03. The summed E-state index contributed by atoms with van der Waals surface area (Å²) in [5, 5.41) is 28.2. The smallest absolute Gasteiger partial charge is 0.462 e. The minimum Gasteiger partial charge on any atom is -0.462 e. The van der Waals surface area contributed by atoms with Crippen molar-refractivity contribution in [3.63, 3.8) is 0 Å². The monoisotopic (exact) mass is 813 g/mol. The van der Waals surface area contributed by atoms with Gasteiger partial charge in [0.25, 0.3) is 0 Å². The van der Waals surface area contributed by atoms with Crippen molar-refractivity contribution in [3.05, 3.63) is 60.8 Å². The number of phosphoric acid groups is 1. The van der Waals surface area contributed by atoms with Crippen LogP contribution in [0.15, 0.2) is 60.8 Å². The minimum absolute atomic E-state index is 0.0845. The van der Waals surface area contributed by atoms with Gasteiger partial charge in [-0.2, -0.15) is 0 Å². The van der Waals surface area contributed by atoms with E-state index >= 15 is 0 Å². The van der Waals surface area contributed by atoms with Crippen molar-refractivity contribution in [3.8, 4) is 0 Å². The molecule has 0 aromatic heterocycles. The Morgan fingerprint density at radius 3 is 1.82 bits per heavy atom. The first kappa shape index (κ1) is 53.6. The van der Waals surface area contributed by atoms with Gasteiger partial charge in [0.2, 0.25) is 0 Å². The summed E-state index contributed by atoms with van der Waals surface area (Å²) in [6.45, 7) is 2.15. The lowest BCUT2D eigenvalue weighted by molar-refractivity contribution is -0.161. The number of hydrogen-bond donors (Lipinski definition) is 4. The molecule has 0 amide bonds. The summed E-state index contributed by atoms with van der Waals surface area (Å²) in [7, 11) is -4.65. The van der Waals surface area contributed by atoms with Crippen LogP contribution in [0.2, 0.25) is 0 Å². The third-order valence-electron chi connectivity index (χ3n) is 8.75. The van der Waals surface area contributed by atoms with E-state index in [4.69, 9.17) is 19.1 Å². The van der Waals surface area contributed by atoms with Gasteiger partial charge >= 0.3 is 19.8 Å². The maximum atomic E-state index is 12.6. The van der Waals surface area contributed by atoms with E-state index in [1.54, 1.807) is 0 Å². The van der Waals surface area contributed by atoms with E-state index in [2.05, 4.69) is 42.7 Å². The number of allylic oxidation sites excluding steroid dienone is 9. The van der Waals surface area contributed by atoms with E-state index < -0.39 is 57.9 Å². The summed E-state index contributed by atoms with van der Waals surface area (Å²) in [6.07, 6.45) is 39.4. The van der Waals surface area contributed by atoms with Gasteiger partial charge in [-0.25, -0.2) is 4.57 Å². The molecule has 0 fully saturated rings. The lowest BCUT2D eigenvalue weighted by Crippen LogP contribution is -2.29. The zero-order valence-corrected chi connectivity index (χ0v) is 35.6. The molecule has 4 atom stereocenters. The van der Waals surface area contributed by atoms with Gasteiger partial charge < -0.3 is 29.7 Å². The fraction of sp³-hybridized carbons (Fsp3) is 0.727. The van der Waals surface area contributed by atoms with Crippen molar-refractivity contribution in [2.75, 3.05) is 26.4 Å². The van der Waals surface area contributed by atoms with Crippen molar-refractivity contribution < 1.29 is 52.9 Å². The highest BCUT2D eigenvalue weighted by atomic mass is 31.2. The number of aliphatic hydroxyl groups excluding tert-OH is 3. The predicted octanol–water partition coefficient (Wildman–Crippen LogP) is 10.1. The van der Waals surface area contributed by atoms with Crippen LogP contribution >= 0.6 is 7.82 Å². The van der Waals surface area contributed by atoms with Crippen LogP contribution < -0.4 is 0 Å². The van der Waals surface area contributed by atoms with Crippen LogP contribution in [0.3, 0.4) is 0 Å². The van der Waals surface area contributed by atoms with Gasteiger partial charge in [-0.1, -0.05) is 145 Å². The number of hydrogen-bond acceptors (Lipinski definition) is 10. The Morgan fingerprint density at radius 1 is 0.607 bits per heavy atom. The topological polar surface area (TPSA) is 169 Å². The molecule has 0 aliphatic rings. The van der Waals surface area contributed by atoms with Crippen molar-refractivity contribution in [2.45, 2.75) is 180 Å². The van der Waals surface area contributed by atoms with Gasteiger partial charge in [-0.3, -0.25) is 18.6 Å². The quantitative estimate of drug-likeness (QED) is 0.0153. The lowest BCUT2D eigenvalue weighted by Gasteiger charge is -2.20. The Bertz CT molecular complexity index is 1130. The molecule has 0 aromatic carbocycles. The van der Waals surface area contributed by atoms with Gasteiger partial charge in [0, 0.05) is 12.8 Å². The van der Waals surface area contributed by atoms with Gasteiger partial charge in [0.1, 0.15) is 12.7 Å². The maximum Gasteiger partial charge on any atom is 0.472 e. The molecule has 0 radical (unpaired) electrons. The molecule has 324 valence electrons. The Kier molecular flexibility index (Phi) is 37.8. The predicted molar refractivity (Wildman–Crippen MR) is 225 cm³/mol. The number of ether oxygens (including phenoxy) is 2. The highest BCUT2D eigenvalue weighted by Crippen LogP contribution is 2.43. The van der Waals surface area contributed by atoms with Crippen molar-refractivity contribution in [2.24, 2.45) is 0 Å². The van der Waals surface area contributed by atoms with Crippen LogP contribution in [0, 0.1) is 0 Å². The second-order valence-corrected chi connectivity index (χ2v) is 15.7. The molecular formula is C44H77O11P. The van der Waals surface area contributed by atoms with E-state index in [0.29, 0.717) is 19.3 Å². The number of carbonyl (C=O) groups is 2. The second-order valence-electron chi connectivity index (χ2n) is 14.2. The number of unbranched alkanes of at least 4 members (excludes halogenated alkanes) is 14. The SMILES string of the molecule is CCCCCCCCC=CCCCCCCCC(=O)OCC(COP(=O)(O)OCC(O)CO)OC(=O)CCCC=CCC=CCC=CC=CC(O)CCCCC. The number of esters is 2. The maximum absolute atomic E-state index is 12.6. The molecule has 0 heterocycles. The van der Waals surface area contributed by atoms with Gasteiger partial charge in [-0.15, -0.1) is 0 Å². The first-order valence-corrected chi connectivity index (χ1v) is 22.8. The molecule has 4 unspecified atom stereocenters. The van der Waals surface area contributed by atoms with Crippen LogP contribution in [-0.4, -0.2) is 76.9 Å². The molecule has 11 nitrogen and oxygen atoms in total. The number of rotatable bonds is 39. The normalized spacial score (nSPS) is 15.0. The van der Waals surface area contributed by atoms with Crippen LogP contribution in [0.4, 0.5) is 0 Å². The highest BCUT2D eigenvalue weighted by molar-refractivity contribution is 7.47. The van der Waals surface area contributed by atoms with E-state index in [0.717, 1.165) is 77.0 Å². The summed E-state index contributed by atoms with van der Waals surface area (Å²) in [5.41, 5.74) is 0. The van der Waals surface area contributed by atoms with Crippen molar-refractivity contribution in [1.82, 2.24) is 0 Å². The molecular weight excluding hydrogens is 735 g/mol. The zero-order valence-electron chi connectivity index (χ0n) is 34.7. The molecule has 0 rings (SSSR count). The second kappa shape index (κ2) is 39.5. The standard InChI is InChI=1S/C44H77O11P/c1-3-5-7-8-9-10-11-12-13-14-17-20-23-26-30-34-43(48)52-38-42(39-54-56(50,51)53-37-41(47)36-45)55-44(49)35-31-27-24-21-18-15-16-19-22-25-29-33-40(46)32-28-6-4-2/h12-13,15-16,21-22,24-25,29,33,40-42,45-47H,3-11,14,17-20,23,26-28,30-32,34-39H2,1-2H3,(H,50,51).